The molecule has 2 heterocycles. The Hall–Kier alpha value is -2.60. The highest BCUT2D eigenvalue weighted by molar-refractivity contribution is 7.90. The van der Waals surface area contributed by atoms with Gasteiger partial charge in [-0.05, 0) is 86.4 Å². The molecule has 3 amide bonds. The Labute approximate surface area is 323 Å². The van der Waals surface area contributed by atoms with Crippen molar-refractivity contribution < 1.29 is 32.4 Å². The number of nitrogens with one attached hydrogen (secondary N) is 2. The zero-order chi connectivity index (χ0) is 40.2. The standard InChI is InChI=1S/C42H66N4O7S/c1-12-26-21-40(26,36(51)44-54(52,53)27-14-15-27)23-32(48)30-22-42(39(10,11)41(42)17-13-18-41)24-46(30)35(50)28(37(4,5)6)20-31(47)33(38(7,8)9)43-34(49)29-16-19-45(29)25(2)3/h12,25-30,33H,1,13-24H2,2-11H3,(H,43,49)(H,44,51)/t26-,28-,29-,30+,33-,40-,42-/m1/s1. The highest BCUT2D eigenvalue weighted by Crippen LogP contribution is 2.88. The number of carbonyl (C=O) groups is 5. The number of amides is 3. The van der Waals surface area contributed by atoms with Gasteiger partial charge in [0.1, 0.15) is 0 Å². The van der Waals surface area contributed by atoms with Crippen LogP contribution >= 0.6 is 0 Å². The molecule has 2 N–H and O–H groups in total. The normalized spacial score (nSPS) is 32.4. The minimum Gasteiger partial charge on any atom is -0.344 e. The maximum absolute atomic E-state index is 15.1. The van der Waals surface area contributed by atoms with E-state index >= 15 is 4.79 Å². The van der Waals surface area contributed by atoms with Crippen molar-refractivity contribution in [3.63, 3.8) is 0 Å². The van der Waals surface area contributed by atoms with Crippen molar-refractivity contribution in [1.82, 2.24) is 19.8 Å². The van der Waals surface area contributed by atoms with E-state index in [-0.39, 0.29) is 70.5 Å². The molecule has 0 unspecified atom stereocenters. The molecule has 4 saturated carbocycles. The first-order chi connectivity index (χ1) is 24.8. The van der Waals surface area contributed by atoms with Crippen molar-refractivity contribution in [1.29, 1.82) is 0 Å². The Morgan fingerprint density at radius 1 is 0.907 bits per heavy atom. The summed E-state index contributed by atoms with van der Waals surface area (Å²) < 4.78 is 27.9. The highest BCUT2D eigenvalue weighted by atomic mass is 32.2. The molecule has 6 aliphatic rings. The van der Waals surface area contributed by atoms with E-state index in [0.29, 0.717) is 32.2 Å². The number of carbonyl (C=O) groups excluding carboxylic acids is 5. The summed E-state index contributed by atoms with van der Waals surface area (Å²) in [6.45, 7) is 25.3. The summed E-state index contributed by atoms with van der Waals surface area (Å²) in [5.74, 6) is -2.65. The summed E-state index contributed by atoms with van der Waals surface area (Å²) in [4.78, 5) is 75.3. The van der Waals surface area contributed by atoms with E-state index in [1.165, 1.54) is 0 Å². The summed E-state index contributed by atoms with van der Waals surface area (Å²) >= 11 is 0. The SMILES string of the molecule is C=C[C@@H]1C[C@]1(CC(=O)[C@@H]1C[C@@]2(CN1C(=O)[C@@H](CC(=O)[C@@H](NC(=O)[C@H]1CCN1C(C)C)C(C)(C)C)C(C)(C)C)C(C)(C)C21CCC1)C(=O)NS(=O)(=O)C1CC1. The number of nitrogens with zero attached hydrogens (tertiary/aromatic N) is 2. The van der Waals surface area contributed by atoms with Gasteiger partial charge in [0.2, 0.25) is 27.7 Å². The molecule has 54 heavy (non-hydrogen) atoms. The van der Waals surface area contributed by atoms with Crippen LogP contribution in [0.15, 0.2) is 12.7 Å². The predicted molar refractivity (Wildman–Crippen MR) is 207 cm³/mol. The first-order valence-electron chi connectivity index (χ1n) is 20.4. The van der Waals surface area contributed by atoms with Crippen molar-refractivity contribution in [3.8, 4) is 0 Å². The van der Waals surface area contributed by atoms with Gasteiger partial charge in [0.15, 0.2) is 11.6 Å². The Morgan fingerprint density at radius 3 is 1.96 bits per heavy atom. The Kier molecular flexibility index (Phi) is 10.1. The Bertz CT molecular complexity index is 1720. The number of ketones is 2. The minimum atomic E-state index is -3.82. The van der Waals surface area contributed by atoms with Gasteiger partial charge in [-0.2, -0.15) is 0 Å². The summed E-state index contributed by atoms with van der Waals surface area (Å²) in [7, 11) is -3.82. The van der Waals surface area contributed by atoms with Crippen LogP contribution in [0, 0.1) is 44.3 Å². The third-order valence-electron chi connectivity index (χ3n) is 15.3. The number of Topliss-reactive ketones (excluding diaryl/α,β-unsaturated/α-hetero) is 2. The monoisotopic (exact) mass is 770 g/mol. The number of rotatable bonds is 14. The van der Waals surface area contributed by atoms with Crippen LogP contribution in [-0.4, -0.2) is 90.0 Å². The number of fused-ring (bicyclic) bond motifs is 1. The van der Waals surface area contributed by atoms with Crippen molar-refractivity contribution in [2.24, 2.45) is 44.3 Å². The van der Waals surface area contributed by atoms with E-state index in [2.05, 4.69) is 49.2 Å². The van der Waals surface area contributed by atoms with Crippen LogP contribution in [0.4, 0.5) is 0 Å². The molecule has 7 atom stereocenters. The summed E-state index contributed by atoms with van der Waals surface area (Å²) in [6.07, 6.45) is 7.09. The van der Waals surface area contributed by atoms with Crippen LogP contribution in [0.5, 0.6) is 0 Å². The van der Waals surface area contributed by atoms with Gasteiger partial charge in [-0.1, -0.05) is 67.9 Å². The van der Waals surface area contributed by atoms with Crippen LogP contribution in [0.2, 0.25) is 0 Å². The molecule has 11 nitrogen and oxygen atoms in total. The lowest BCUT2D eigenvalue weighted by atomic mass is 9.73. The number of hydrogen-bond donors (Lipinski definition) is 2. The van der Waals surface area contributed by atoms with Crippen LogP contribution in [0.3, 0.4) is 0 Å². The zero-order valence-corrected chi connectivity index (χ0v) is 35.3. The molecule has 302 valence electrons. The quantitative estimate of drug-likeness (QED) is 0.230. The molecule has 0 aromatic rings. The van der Waals surface area contributed by atoms with Crippen molar-refractivity contribution in [3.05, 3.63) is 12.7 Å². The maximum Gasteiger partial charge on any atom is 0.240 e. The van der Waals surface area contributed by atoms with Crippen LogP contribution in [-0.2, 0) is 34.0 Å². The third-order valence-corrected chi connectivity index (χ3v) is 17.1. The summed E-state index contributed by atoms with van der Waals surface area (Å²) in [5.41, 5.74) is -2.81. The highest BCUT2D eigenvalue weighted by Gasteiger charge is 2.85. The first kappa shape index (κ1) is 41.0. The number of likely N-dealkylation sites (tertiary alicyclic amines) is 2. The molecule has 0 bridgehead atoms. The molecule has 2 saturated heterocycles. The van der Waals surface area contributed by atoms with E-state index in [1.54, 1.807) is 11.0 Å². The smallest absolute Gasteiger partial charge is 0.240 e. The van der Waals surface area contributed by atoms with Gasteiger partial charge in [-0.3, -0.25) is 33.6 Å². The van der Waals surface area contributed by atoms with Crippen LogP contribution < -0.4 is 10.0 Å². The second kappa shape index (κ2) is 13.2. The number of sulfonamides is 1. The summed E-state index contributed by atoms with van der Waals surface area (Å²) in [6, 6.07) is -1.69. The van der Waals surface area contributed by atoms with E-state index in [9.17, 15) is 27.6 Å². The number of allylic oxidation sites excluding steroid dienone is 1. The van der Waals surface area contributed by atoms with E-state index in [0.717, 1.165) is 32.2 Å². The third kappa shape index (κ3) is 6.50. The maximum atomic E-state index is 15.1. The Morgan fingerprint density at radius 2 is 1.54 bits per heavy atom. The summed E-state index contributed by atoms with van der Waals surface area (Å²) in [5, 5.41) is 2.50. The first-order valence-corrected chi connectivity index (χ1v) is 22.0. The molecule has 6 rings (SSSR count). The van der Waals surface area contributed by atoms with Gasteiger partial charge in [0.25, 0.3) is 0 Å². The van der Waals surface area contributed by atoms with Gasteiger partial charge >= 0.3 is 0 Å². The lowest BCUT2D eigenvalue weighted by Gasteiger charge is -2.44. The van der Waals surface area contributed by atoms with Gasteiger partial charge in [0, 0.05) is 43.3 Å². The van der Waals surface area contributed by atoms with Crippen molar-refractivity contribution in [2.45, 2.75) is 163 Å². The second-order valence-electron chi connectivity index (χ2n) is 20.9. The molecule has 0 aromatic heterocycles. The van der Waals surface area contributed by atoms with E-state index in [1.807, 2.05) is 41.5 Å². The fourth-order valence-corrected chi connectivity index (χ4v) is 12.4. The average molecular weight is 771 g/mol. The second-order valence-corrected chi connectivity index (χ2v) is 22.8. The molecular weight excluding hydrogens is 705 g/mol. The molecule has 0 aromatic carbocycles. The van der Waals surface area contributed by atoms with Gasteiger partial charge in [-0.25, -0.2) is 8.42 Å². The van der Waals surface area contributed by atoms with Gasteiger partial charge < -0.3 is 10.2 Å². The van der Waals surface area contributed by atoms with Crippen LogP contribution in [0.1, 0.15) is 133 Å². The molecular formula is C42H66N4O7S. The van der Waals surface area contributed by atoms with Gasteiger partial charge in [-0.15, -0.1) is 6.58 Å². The van der Waals surface area contributed by atoms with Gasteiger partial charge in [0.05, 0.1) is 28.8 Å². The van der Waals surface area contributed by atoms with Crippen LogP contribution in [0.25, 0.3) is 0 Å². The topological polar surface area (TPSA) is 150 Å². The molecule has 0 radical (unpaired) electrons. The number of hydrogen-bond acceptors (Lipinski definition) is 8. The molecule has 2 spiro atoms. The minimum absolute atomic E-state index is 0.0320. The fourth-order valence-electron chi connectivity index (χ4n) is 11.0. The lowest BCUT2D eigenvalue weighted by Crippen LogP contribution is -2.62. The molecule has 2 aliphatic heterocycles. The average Bonchev–Trinajstić information content (AvgIpc) is 3.93. The zero-order valence-electron chi connectivity index (χ0n) is 34.5. The fraction of sp³-hybridized carbons (Fsp3) is 0.833. The van der Waals surface area contributed by atoms with E-state index < -0.39 is 55.4 Å². The molecule has 4 aliphatic carbocycles. The predicted octanol–water partition coefficient (Wildman–Crippen LogP) is 5.18. The lowest BCUT2D eigenvalue weighted by molar-refractivity contribution is -0.147. The largest absolute Gasteiger partial charge is 0.344 e. The van der Waals surface area contributed by atoms with E-state index in [4.69, 9.17) is 0 Å². The molecule has 6 fully saturated rings. The Balaban J connectivity index is 1.27. The van der Waals surface area contributed by atoms with Crippen molar-refractivity contribution >= 4 is 39.3 Å². The van der Waals surface area contributed by atoms with Crippen molar-refractivity contribution in [2.75, 3.05) is 13.1 Å². The molecule has 12 heteroatoms.